The summed E-state index contributed by atoms with van der Waals surface area (Å²) in [6.07, 6.45) is 2.09. The van der Waals surface area contributed by atoms with Gasteiger partial charge in [0.05, 0.1) is 39.3 Å². The van der Waals surface area contributed by atoms with Gasteiger partial charge in [0.25, 0.3) is 5.56 Å². The third-order valence-electron chi connectivity index (χ3n) is 4.55. The number of halogens is 2. The molecule has 4 rings (SSSR count). The van der Waals surface area contributed by atoms with Crippen molar-refractivity contribution in [2.45, 2.75) is 30.3 Å². The number of hydrogen-bond acceptors (Lipinski definition) is 6. The van der Waals surface area contributed by atoms with Crippen molar-refractivity contribution in [1.29, 1.82) is 0 Å². The van der Waals surface area contributed by atoms with Gasteiger partial charge >= 0.3 is 0 Å². The molecule has 0 aliphatic carbocycles. The summed E-state index contributed by atoms with van der Waals surface area (Å²) in [6.45, 7) is 2.19. The predicted octanol–water partition coefficient (Wildman–Crippen LogP) is 5.53. The number of benzene rings is 1. The van der Waals surface area contributed by atoms with Crippen molar-refractivity contribution in [2.24, 2.45) is 0 Å². The number of carbonyl (C=O) groups excluding carboxylic acids is 1. The lowest BCUT2D eigenvalue weighted by molar-refractivity contribution is -0.120. The van der Waals surface area contributed by atoms with E-state index in [-0.39, 0.29) is 23.0 Å². The summed E-state index contributed by atoms with van der Waals surface area (Å²) in [7, 11) is 0. The molecule has 10 heteroatoms. The third-order valence-corrected chi connectivity index (χ3v) is 7.57. The molecule has 31 heavy (non-hydrogen) atoms. The fourth-order valence-electron chi connectivity index (χ4n) is 3.00. The molecule has 0 aliphatic heterocycles. The Morgan fingerprint density at radius 2 is 2.13 bits per heavy atom. The molecular formula is C21H17Cl2N3O3S2. The highest BCUT2D eigenvalue weighted by atomic mass is 35.5. The summed E-state index contributed by atoms with van der Waals surface area (Å²) in [6, 6.07) is 10.4. The van der Waals surface area contributed by atoms with E-state index in [4.69, 9.17) is 27.6 Å². The number of nitrogens with one attached hydrogen (secondary N) is 1. The largest absolute Gasteiger partial charge is 0.467 e. The van der Waals surface area contributed by atoms with Crippen LogP contribution in [0.5, 0.6) is 0 Å². The molecule has 1 amide bonds. The van der Waals surface area contributed by atoms with Crippen LogP contribution in [0.2, 0.25) is 10.0 Å². The molecule has 4 aromatic rings. The minimum absolute atomic E-state index is 0.174. The van der Waals surface area contributed by atoms with Gasteiger partial charge in [-0.15, -0.1) is 11.3 Å². The van der Waals surface area contributed by atoms with Gasteiger partial charge in [-0.3, -0.25) is 14.2 Å². The SMILES string of the molecule is CC[C@H](Sc1nc2ccsc2c(=O)n1-c1cccc(Cl)c1Cl)C(=O)NCc1ccco1. The van der Waals surface area contributed by atoms with Gasteiger partial charge in [-0.05, 0) is 42.1 Å². The molecule has 160 valence electrons. The molecule has 0 radical (unpaired) electrons. The Morgan fingerprint density at radius 3 is 2.87 bits per heavy atom. The molecule has 0 saturated carbocycles. The van der Waals surface area contributed by atoms with E-state index >= 15 is 0 Å². The first kappa shape index (κ1) is 22.0. The third kappa shape index (κ3) is 4.52. The minimum Gasteiger partial charge on any atom is -0.467 e. The Bertz CT molecular complexity index is 1290. The molecule has 1 aromatic carbocycles. The van der Waals surface area contributed by atoms with E-state index in [1.165, 1.54) is 27.7 Å². The van der Waals surface area contributed by atoms with Crippen LogP contribution in [0, 0.1) is 0 Å². The van der Waals surface area contributed by atoms with Gasteiger partial charge in [-0.1, -0.05) is 48.0 Å². The van der Waals surface area contributed by atoms with Crippen LogP contribution in [0.4, 0.5) is 0 Å². The highest BCUT2D eigenvalue weighted by Crippen LogP contribution is 2.33. The van der Waals surface area contributed by atoms with Crippen molar-refractivity contribution in [1.82, 2.24) is 14.9 Å². The normalized spacial score (nSPS) is 12.2. The molecule has 3 heterocycles. The van der Waals surface area contributed by atoms with Gasteiger partial charge in [0.15, 0.2) is 5.16 Å². The Balaban J connectivity index is 1.72. The van der Waals surface area contributed by atoms with Crippen molar-refractivity contribution in [3.8, 4) is 5.69 Å². The van der Waals surface area contributed by atoms with E-state index in [2.05, 4.69) is 10.3 Å². The minimum atomic E-state index is -0.470. The topological polar surface area (TPSA) is 77.1 Å². The first-order chi connectivity index (χ1) is 15.0. The van der Waals surface area contributed by atoms with E-state index in [9.17, 15) is 9.59 Å². The number of amides is 1. The molecule has 1 atom stereocenters. The van der Waals surface area contributed by atoms with Crippen molar-refractivity contribution in [3.05, 3.63) is 74.2 Å². The van der Waals surface area contributed by atoms with Gasteiger partial charge < -0.3 is 9.73 Å². The van der Waals surface area contributed by atoms with E-state index < -0.39 is 5.25 Å². The van der Waals surface area contributed by atoms with Crippen LogP contribution in [-0.2, 0) is 11.3 Å². The van der Waals surface area contributed by atoms with Crippen LogP contribution in [0.25, 0.3) is 15.9 Å². The van der Waals surface area contributed by atoms with Crippen molar-refractivity contribution in [2.75, 3.05) is 0 Å². The van der Waals surface area contributed by atoms with Gasteiger partial charge in [0.2, 0.25) is 5.91 Å². The lowest BCUT2D eigenvalue weighted by Crippen LogP contribution is -2.32. The Labute approximate surface area is 196 Å². The highest BCUT2D eigenvalue weighted by Gasteiger charge is 2.24. The Hall–Kier alpha value is -2.26. The standard InChI is InChI=1S/C21H17Cl2N3O3S2/c1-2-16(19(27)24-11-12-5-4-9-29-12)31-21-25-14-8-10-30-18(14)20(28)26(21)15-7-3-6-13(22)17(15)23/h3-10,16H,2,11H2,1H3,(H,24,27)/t16-/m0/s1. The zero-order valence-corrected chi connectivity index (χ0v) is 19.4. The number of fused-ring (bicyclic) bond motifs is 1. The zero-order valence-electron chi connectivity index (χ0n) is 16.3. The smallest absolute Gasteiger partial charge is 0.276 e. The second kappa shape index (κ2) is 9.48. The number of carbonyl (C=O) groups is 1. The van der Waals surface area contributed by atoms with Crippen molar-refractivity contribution in [3.63, 3.8) is 0 Å². The van der Waals surface area contributed by atoms with E-state index in [1.54, 1.807) is 42.7 Å². The van der Waals surface area contributed by atoms with Gasteiger partial charge in [-0.2, -0.15) is 0 Å². The molecule has 1 N–H and O–H groups in total. The highest BCUT2D eigenvalue weighted by molar-refractivity contribution is 8.00. The second-order valence-corrected chi connectivity index (χ2v) is 9.43. The number of hydrogen-bond donors (Lipinski definition) is 1. The number of rotatable bonds is 7. The molecular weight excluding hydrogens is 477 g/mol. The maximum Gasteiger partial charge on any atom is 0.276 e. The summed E-state index contributed by atoms with van der Waals surface area (Å²) in [5.74, 6) is 0.487. The summed E-state index contributed by atoms with van der Waals surface area (Å²) < 4.78 is 7.21. The number of thiophene rings is 1. The summed E-state index contributed by atoms with van der Waals surface area (Å²) in [5.41, 5.74) is 0.755. The van der Waals surface area contributed by atoms with Crippen LogP contribution in [0.15, 0.2) is 62.4 Å². The maximum atomic E-state index is 13.3. The Morgan fingerprint density at radius 1 is 1.29 bits per heavy atom. The van der Waals surface area contributed by atoms with Crippen LogP contribution >= 0.6 is 46.3 Å². The lowest BCUT2D eigenvalue weighted by Gasteiger charge is -2.18. The summed E-state index contributed by atoms with van der Waals surface area (Å²) in [5, 5.41) is 5.17. The lowest BCUT2D eigenvalue weighted by atomic mass is 10.3. The average Bonchev–Trinajstić information content (AvgIpc) is 3.45. The summed E-state index contributed by atoms with van der Waals surface area (Å²) >= 11 is 15.1. The molecule has 0 aliphatic rings. The Kier molecular flexibility index (Phi) is 6.71. The molecule has 3 aromatic heterocycles. The quantitative estimate of drug-likeness (QED) is 0.270. The first-order valence-corrected chi connectivity index (χ1v) is 11.9. The second-order valence-electron chi connectivity index (χ2n) is 6.55. The van der Waals surface area contributed by atoms with Gasteiger partial charge in [0, 0.05) is 0 Å². The van der Waals surface area contributed by atoms with Crippen LogP contribution in [0.1, 0.15) is 19.1 Å². The first-order valence-electron chi connectivity index (χ1n) is 9.41. The van der Waals surface area contributed by atoms with Gasteiger partial charge in [0.1, 0.15) is 10.5 Å². The van der Waals surface area contributed by atoms with Crippen molar-refractivity contribution >= 4 is 62.4 Å². The molecule has 0 fully saturated rings. The zero-order chi connectivity index (χ0) is 22.0. The van der Waals surface area contributed by atoms with Crippen LogP contribution < -0.4 is 10.9 Å². The predicted molar refractivity (Wildman–Crippen MR) is 126 cm³/mol. The summed E-state index contributed by atoms with van der Waals surface area (Å²) in [4.78, 5) is 30.8. The number of nitrogens with zero attached hydrogens (tertiary/aromatic N) is 2. The monoisotopic (exact) mass is 493 g/mol. The van der Waals surface area contributed by atoms with E-state index in [0.717, 1.165) is 0 Å². The van der Waals surface area contributed by atoms with Crippen molar-refractivity contribution < 1.29 is 9.21 Å². The van der Waals surface area contributed by atoms with Crippen LogP contribution in [-0.4, -0.2) is 20.7 Å². The molecule has 6 nitrogen and oxygen atoms in total. The number of aromatic nitrogens is 2. The van der Waals surface area contributed by atoms with Crippen LogP contribution in [0.3, 0.4) is 0 Å². The molecule has 0 spiro atoms. The molecule has 0 unspecified atom stereocenters. The fourth-order valence-corrected chi connectivity index (χ4v) is 5.19. The van der Waals surface area contributed by atoms with Gasteiger partial charge in [-0.25, -0.2) is 4.98 Å². The van der Waals surface area contributed by atoms with E-state index in [0.29, 0.717) is 38.3 Å². The van der Waals surface area contributed by atoms with E-state index in [1.807, 2.05) is 12.3 Å². The number of furan rings is 1. The number of thioether (sulfide) groups is 1. The molecule has 0 saturated heterocycles. The maximum absolute atomic E-state index is 13.3. The fraction of sp³-hybridized carbons (Fsp3) is 0.190. The average molecular weight is 494 g/mol. The molecule has 0 bridgehead atoms.